The van der Waals surface area contributed by atoms with Crippen molar-refractivity contribution >= 4 is 66.5 Å². The number of anilines is 4. The molecule has 238 valence electrons. The maximum Gasteiger partial charge on any atom is 0.355 e. The molecule has 3 aromatic heterocycles. The van der Waals surface area contributed by atoms with Crippen molar-refractivity contribution in [2.75, 3.05) is 34.8 Å². The molecule has 1 aliphatic rings. The molecule has 0 saturated heterocycles. The number of nitrogens with one attached hydrogen (secondary N) is 2. The first-order valence-corrected chi connectivity index (χ1v) is 16.6. The summed E-state index contributed by atoms with van der Waals surface area (Å²) in [7, 11) is 0. The van der Waals surface area contributed by atoms with Crippen molar-refractivity contribution in [3.63, 3.8) is 0 Å². The lowest BCUT2D eigenvalue weighted by Gasteiger charge is -2.29. The van der Waals surface area contributed by atoms with Gasteiger partial charge in [0.05, 0.1) is 22.5 Å². The van der Waals surface area contributed by atoms with Gasteiger partial charge in [0.1, 0.15) is 11.4 Å². The van der Waals surface area contributed by atoms with Gasteiger partial charge in [-0.05, 0) is 60.7 Å². The van der Waals surface area contributed by atoms with Gasteiger partial charge < -0.3 is 26.2 Å². The minimum Gasteiger partial charge on any atom is -0.494 e. The van der Waals surface area contributed by atoms with Gasteiger partial charge in [0.15, 0.2) is 21.8 Å². The SMILES string of the molecule is Nc1n[nH]c(-c2cccc(OCCCc3sc(N4CCc5cccc(C(=O)Nc6nc7ccccc7s6)c5C4)nc3C(=O)O)c2)c1N. The monoisotopic (exact) mass is 666 g/mol. The summed E-state index contributed by atoms with van der Waals surface area (Å²) in [6, 6.07) is 20.9. The van der Waals surface area contributed by atoms with Gasteiger partial charge in [-0.25, -0.2) is 14.8 Å². The first-order valence-electron chi connectivity index (χ1n) is 14.9. The van der Waals surface area contributed by atoms with E-state index in [4.69, 9.17) is 16.2 Å². The number of carbonyl (C=O) groups is 2. The second kappa shape index (κ2) is 12.7. The molecule has 14 heteroatoms. The van der Waals surface area contributed by atoms with Gasteiger partial charge in [0, 0.05) is 29.1 Å². The van der Waals surface area contributed by atoms with Crippen LogP contribution in [0.2, 0.25) is 0 Å². The van der Waals surface area contributed by atoms with Gasteiger partial charge in [-0.15, -0.1) is 11.3 Å². The van der Waals surface area contributed by atoms with Crippen LogP contribution in [-0.4, -0.2) is 50.3 Å². The van der Waals surface area contributed by atoms with Crippen molar-refractivity contribution < 1.29 is 19.4 Å². The molecular weight excluding hydrogens is 637 g/mol. The van der Waals surface area contributed by atoms with Crippen LogP contribution in [0.3, 0.4) is 0 Å². The number of amides is 1. The van der Waals surface area contributed by atoms with E-state index in [2.05, 4.69) is 25.5 Å². The summed E-state index contributed by atoms with van der Waals surface area (Å²) in [4.78, 5) is 37.4. The molecule has 0 bridgehead atoms. The van der Waals surface area contributed by atoms with Gasteiger partial charge in [-0.3, -0.25) is 15.2 Å². The van der Waals surface area contributed by atoms with E-state index in [1.54, 1.807) is 0 Å². The first-order chi connectivity index (χ1) is 22.8. The first kappa shape index (κ1) is 30.2. The zero-order valence-corrected chi connectivity index (χ0v) is 26.7. The van der Waals surface area contributed by atoms with Gasteiger partial charge in [-0.1, -0.05) is 47.7 Å². The van der Waals surface area contributed by atoms with E-state index in [1.807, 2.05) is 71.6 Å². The maximum atomic E-state index is 13.4. The normalized spacial score (nSPS) is 12.6. The lowest BCUT2D eigenvalue weighted by atomic mass is 9.94. The van der Waals surface area contributed by atoms with Crippen LogP contribution in [0.25, 0.3) is 21.5 Å². The van der Waals surface area contributed by atoms with Crippen molar-refractivity contribution in [3.8, 4) is 17.0 Å². The van der Waals surface area contributed by atoms with Gasteiger partial charge in [0.2, 0.25) is 0 Å². The fraction of sp³-hybridized carbons (Fsp3) is 0.182. The third-order valence-electron chi connectivity index (χ3n) is 7.96. The standard InChI is InChI=1S/C33H30N8O4S2/c34-26-27(39-40-29(26)35)19-7-3-8-20(16-19)45-15-5-12-25-28(31(43)44)37-33(47-25)41-14-13-18-6-4-9-21(22(18)17-41)30(42)38-32-36-23-10-1-2-11-24(23)46-32/h1-4,6-11,16H,5,12-15,17,34H2,(H,43,44)(H3,35,39,40)(H,36,38,42). The Balaban J connectivity index is 1.02. The largest absolute Gasteiger partial charge is 0.494 e. The van der Waals surface area contributed by atoms with Crippen LogP contribution in [-0.2, 0) is 19.4 Å². The summed E-state index contributed by atoms with van der Waals surface area (Å²) in [6.07, 6.45) is 1.78. The van der Waals surface area contributed by atoms with Crippen LogP contribution >= 0.6 is 22.7 Å². The Labute approximate surface area is 277 Å². The molecule has 12 nitrogen and oxygen atoms in total. The molecule has 7 N–H and O–H groups in total. The maximum absolute atomic E-state index is 13.4. The topological polar surface area (TPSA) is 185 Å². The number of nitrogens with two attached hydrogens (primary N) is 2. The van der Waals surface area contributed by atoms with Crippen molar-refractivity contribution in [2.24, 2.45) is 0 Å². The predicted molar refractivity (Wildman–Crippen MR) is 185 cm³/mol. The van der Waals surface area contributed by atoms with Crippen molar-refractivity contribution in [1.29, 1.82) is 0 Å². The third kappa shape index (κ3) is 6.20. The summed E-state index contributed by atoms with van der Waals surface area (Å²) in [5.74, 6) is -0.407. The number of aromatic amines is 1. The Hall–Kier alpha value is -5.47. The zero-order valence-electron chi connectivity index (χ0n) is 25.0. The lowest BCUT2D eigenvalue weighted by Crippen LogP contribution is -2.32. The molecule has 3 aromatic carbocycles. The quantitative estimate of drug-likeness (QED) is 0.111. The second-order valence-corrected chi connectivity index (χ2v) is 13.1. The summed E-state index contributed by atoms with van der Waals surface area (Å²) < 4.78 is 6.97. The molecule has 0 radical (unpaired) electrons. The van der Waals surface area contributed by atoms with Crippen molar-refractivity contribution in [2.45, 2.75) is 25.8 Å². The van der Waals surface area contributed by atoms with E-state index in [9.17, 15) is 14.7 Å². The molecule has 1 amide bonds. The fourth-order valence-electron chi connectivity index (χ4n) is 5.61. The number of benzene rings is 3. The number of thiazole rings is 2. The number of carboxylic acids is 1. The summed E-state index contributed by atoms with van der Waals surface area (Å²) >= 11 is 2.80. The molecule has 47 heavy (non-hydrogen) atoms. The number of aromatic carboxylic acids is 1. The Morgan fingerprint density at radius 3 is 2.70 bits per heavy atom. The number of carbonyl (C=O) groups excluding carboxylic acids is 1. The van der Waals surface area contributed by atoms with Gasteiger partial charge in [0.25, 0.3) is 5.91 Å². The Kier molecular flexibility index (Phi) is 8.18. The minimum atomic E-state index is -1.07. The smallest absolute Gasteiger partial charge is 0.355 e. The van der Waals surface area contributed by atoms with E-state index in [-0.39, 0.29) is 17.4 Å². The molecule has 7 rings (SSSR count). The van der Waals surface area contributed by atoms with Crippen LogP contribution in [0.1, 0.15) is 43.3 Å². The number of nitrogen functional groups attached to an aromatic ring is 2. The Morgan fingerprint density at radius 1 is 1.04 bits per heavy atom. The summed E-state index contributed by atoms with van der Waals surface area (Å²) in [6.45, 7) is 1.48. The highest BCUT2D eigenvalue weighted by atomic mass is 32.1. The van der Waals surface area contributed by atoms with E-state index >= 15 is 0 Å². The minimum absolute atomic E-state index is 0.0481. The van der Waals surface area contributed by atoms with Gasteiger partial charge >= 0.3 is 5.97 Å². The number of ether oxygens (including phenoxy) is 1. The van der Waals surface area contributed by atoms with E-state index in [0.717, 1.165) is 26.9 Å². The number of carboxylic acid groups (broad SMARTS) is 1. The molecule has 1 aliphatic heterocycles. The summed E-state index contributed by atoms with van der Waals surface area (Å²) in [5, 5.41) is 20.9. The average molecular weight is 667 g/mol. The number of aromatic nitrogens is 4. The number of fused-ring (bicyclic) bond motifs is 2. The van der Waals surface area contributed by atoms with E-state index in [0.29, 0.717) is 76.8 Å². The molecule has 0 fully saturated rings. The molecule has 0 saturated carbocycles. The van der Waals surface area contributed by atoms with Crippen LogP contribution in [0, 0.1) is 0 Å². The predicted octanol–water partition coefficient (Wildman–Crippen LogP) is 5.83. The number of rotatable bonds is 10. The number of para-hydroxylation sites is 1. The van der Waals surface area contributed by atoms with E-state index in [1.165, 1.54) is 22.7 Å². The third-order valence-corrected chi connectivity index (χ3v) is 10.1. The van der Waals surface area contributed by atoms with Crippen molar-refractivity contribution in [3.05, 3.63) is 94.0 Å². The summed E-state index contributed by atoms with van der Waals surface area (Å²) in [5.41, 5.74) is 17.0. The van der Waals surface area contributed by atoms with Crippen molar-refractivity contribution in [1.82, 2.24) is 20.2 Å². The molecule has 0 unspecified atom stereocenters. The van der Waals surface area contributed by atoms with Crippen LogP contribution < -0.4 is 26.4 Å². The number of H-pyrrole nitrogens is 1. The van der Waals surface area contributed by atoms with E-state index < -0.39 is 5.97 Å². The van der Waals surface area contributed by atoms with Crippen LogP contribution in [0.15, 0.2) is 66.7 Å². The number of aryl methyl sites for hydroxylation is 1. The van der Waals surface area contributed by atoms with Gasteiger partial charge in [-0.2, -0.15) is 5.10 Å². The highest BCUT2D eigenvalue weighted by molar-refractivity contribution is 7.22. The average Bonchev–Trinajstić information content (AvgIpc) is 3.79. The second-order valence-electron chi connectivity index (χ2n) is 11.0. The fourth-order valence-corrected chi connectivity index (χ4v) is 7.59. The molecule has 0 spiro atoms. The zero-order chi connectivity index (χ0) is 32.5. The number of nitrogens with zero attached hydrogens (tertiary/aromatic N) is 4. The molecule has 6 aromatic rings. The van der Waals surface area contributed by atoms with Crippen LogP contribution in [0.5, 0.6) is 5.75 Å². The highest BCUT2D eigenvalue weighted by Gasteiger charge is 2.27. The van der Waals surface area contributed by atoms with Crippen LogP contribution in [0.4, 0.5) is 21.8 Å². The highest BCUT2D eigenvalue weighted by Crippen LogP contribution is 2.34. The Morgan fingerprint density at radius 2 is 1.89 bits per heavy atom. The molecular formula is C33H30N8O4S2. The lowest BCUT2D eigenvalue weighted by molar-refractivity contribution is 0.0690. The molecule has 0 atom stereocenters. The number of hydrogen-bond acceptors (Lipinski definition) is 11. The Bertz CT molecular complexity index is 2090. The number of hydrogen-bond donors (Lipinski definition) is 5. The molecule has 0 aliphatic carbocycles. The molecule has 4 heterocycles.